The quantitative estimate of drug-likeness (QED) is 0.741. The van der Waals surface area contributed by atoms with Crippen LogP contribution in [0.25, 0.3) is 0 Å². The summed E-state index contributed by atoms with van der Waals surface area (Å²) in [6.07, 6.45) is 4.45. The molecule has 2 aliphatic rings. The number of ether oxygens (including phenoxy) is 2. The molecule has 166 valence electrons. The Labute approximate surface area is 183 Å². The van der Waals surface area contributed by atoms with Gasteiger partial charge in [0.25, 0.3) is 5.91 Å². The highest BCUT2D eigenvalue weighted by molar-refractivity contribution is 7.88. The lowest BCUT2D eigenvalue weighted by Crippen LogP contribution is -2.30. The Balaban J connectivity index is 1.45. The van der Waals surface area contributed by atoms with Crippen LogP contribution in [-0.2, 0) is 16.4 Å². The van der Waals surface area contributed by atoms with Crippen molar-refractivity contribution in [2.24, 2.45) is 0 Å². The summed E-state index contributed by atoms with van der Waals surface area (Å²) < 4.78 is 36.4. The molecule has 1 saturated heterocycles. The van der Waals surface area contributed by atoms with Crippen molar-refractivity contribution in [1.29, 1.82) is 0 Å². The predicted octanol–water partition coefficient (Wildman–Crippen LogP) is 2.92. The number of nitrogens with one attached hydrogen (secondary N) is 1. The first kappa shape index (κ1) is 21.6. The van der Waals surface area contributed by atoms with Crippen molar-refractivity contribution in [3.8, 4) is 11.5 Å². The second-order valence-electron chi connectivity index (χ2n) is 8.03. The second kappa shape index (κ2) is 9.28. The van der Waals surface area contributed by atoms with Crippen LogP contribution in [0.15, 0.2) is 42.5 Å². The lowest BCUT2D eigenvalue weighted by atomic mass is 10.0. The van der Waals surface area contributed by atoms with Crippen LogP contribution in [0.5, 0.6) is 11.5 Å². The van der Waals surface area contributed by atoms with E-state index in [9.17, 15) is 13.2 Å². The van der Waals surface area contributed by atoms with Crippen LogP contribution in [-0.4, -0.2) is 51.8 Å². The van der Waals surface area contributed by atoms with Crippen molar-refractivity contribution in [3.05, 3.63) is 59.2 Å². The van der Waals surface area contributed by atoms with Gasteiger partial charge in [0.2, 0.25) is 10.0 Å². The predicted molar refractivity (Wildman–Crippen MR) is 118 cm³/mol. The minimum absolute atomic E-state index is 0.00965. The number of sulfonamides is 1. The summed E-state index contributed by atoms with van der Waals surface area (Å²) in [5.74, 6) is 1.52. The van der Waals surface area contributed by atoms with Gasteiger partial charge in [0.15, 0.2) is 11.5 Å². The number of amides is 1. The lowest BCUT2D eigenvalue weighted by molar-refractivity contribution is 0.0735. The van der Waals surface area contributed by atoms with Crippen molar-refractivity contribution >= 4 is 15.9 Å². The third-order valence-corrected chi connectivity index (χ3v) is 6.38. The minimum atomic E-state index is -3.19. The maximum Gasteiger partial charge on any atom is 0.254 e. The topological polar surface area (TPSA) is 84.9 Å². The largest absolute Gasteiger partial charge is 0.490 e. The highest BCUT2D eigenvalue weighted by Crippen LogP contribution is 2.38. The summed E-state index contributed by atoms with van der Waals surface area (Å²) in [5.41, 5.74) is 2.69. The Morgan fingerprint density at radius 2 is 1.81 bits per heavy atom. The van der Waals surface area contributed by atoms with Gasteiger partial charge in [0.1, 0.15) is 0 Å². The number of likely N-dealkylation sites (tertiary alicyclic amines) is 1. The fourth-order valence-electron chi connectivity index (χ4n) is 4.10. The molecular weight excluding hydrogens is 416 g/mol. The number of fused-ring (bicyclic) bond motifs is 1. The average molecular weight is 445 g/mol. The van der Waals surface area contributed by atoms with Crippen LogP contribution in [0.4, 0.5) is 0 Å². The molecule has 1 amide bonds. The molecule has 2 heterocycles. The van der Waals surface area contributed by atoms with Crippen LogP contribution in [0.3, 0.4) is 0 Å². The Kier molecular flexibility index (Phi) is 6.48. The third-order valence-electron chi connectivity index (χ3n) is 5.65. The zero-order valence-electron chi connectivity index (χ0n) is 17.7. The van der Waals surface area contributed by atoms with E-state index in [4.69, 9.17) is 9.47 Å². The molecule has 31 heavy (non-hydrogen) atoms. The van der Waals surface area contributed by atoms with Gasteiger partial charge < -0.3 is 14.4 Å². The summed E-state index contributed by atoms with van der Waals surface area (Å²) in [6.45, 7) is 2.35. The number of carbonyl (C=O) groups is 1. The molecule has 4 rings (SSSR count). The Morgan fingerprint density at radius 1 is 1.06 bits per heavy atom. The first-order chi connectivity index (χ1) is 14.9. The van der Waals surface area contributed by atoms with E-state index >= 15 is 0 Å². The van der Waals surface area contributed by atoms with Crippen LogP contribution in [0, 0.1) is 0 Å². The highest BCUT2D eigenvalue weighted by atomic mass is 32.2. The van der Waals surface area contributed by atoms with Crippen LogP contribution >= 0.6 is 0 Å². The molecule has 0 saturated carbocycles. The Hall–Kier alpha value is -2.58. The van der Waals surface area contributed by atoms with Gasteiger partial charge >= 0.3 is 0 Å². The Bertz CT molecular complexity index is 1040. The van der Waals surface area contributed by atoms with Gasteiger partial charge in [-0.3, -0.25) is 4.79 Å². The first-order valence-electron chi connectivity index (χ1n) is 10.6. The van der Waals surface area contributed by atoms with Gasteiger partial charge in [-0.2, -0.15) is 0 Å². The summed E-state index contributed by atoms with van der Waals surface area (Å²) in [6, 6.07) is 13.4. The molecule has 0 aromatic heterocycles. The van der Waals surface area contributed by atoms with E-state index in [1.807, 2.05) is 47.4 Å². The van der Waals surface area contributed by atoms with E-state index in [0.29, 0.717) is 31.7 Å². The molecule has 0 bridgehead atoms. The zero-order chi connectivity index (χ0) is 21.8. The summed E-state index contributed by atoms with van der Waals surface area (Å²) in [4.78, 5) is 15.1. The number of hydrogen-bond acceptors (Lipinski definition) is 5. The van der Waals surface area contributed by atoms with Crippen molar-refractivity contribution < 1.29 is 22.7 Å². The third kappa shape index (κ3) is 5.37. The maximum absolute atomic E-state index is 13.2. The second-order valence-corrected chi connectivity index (χ2v) is 9.86. The highest BCUT2D eigenvalue weighted by Gasteiger charge is 2.31. The molecule has 1 unspecified atom stereocenters. The fourth-order valence-corrected chi connectivity index (χ4v) is 4.58. The van der Waals surface area contributed by atoms with Crippen molar-refractivity contribution in [2.45, 2.75) is 31.7 Å². The smallest absolute Gasteiger partial charge is 0.254 e. The molecule has 1 atom stereocenters. The number of benzene rings is 2. The van der Waals surface area contributed by atoms with Crippen LogP contribution in [0.1, 0.15) is 46.8 Å². The van der Waals surface area contributed by atoms with Gasteiger partial charge in [-0.15, -0.1) is 0 Å². The first-order valence-corrected chi connectivity index (χ1v) is 12.5. The Morgan fingerprint density at radius 3 is 2.55 bits per heavy atom. The summed E-state index contributed by atoms with van der Waals surface area (Å²) in [5, 5.41) is 0. The van der Waals surface area contributed by atoms with Crippen LogP contribution < -0.4 is 14.2 Å². The molecule has 2 aromatic carbocycles. The molecule has 0 radical (unpaired) electrons. The van der Waals surface area contributed by atoms with Gasteiger partial charge in [-0.1, -0.05) is 18.2 Å². The van der Waals surface area contributed by atoms with Crippen molar-refractivity contribution in [1.82, 2.24) is 9.62 Å². The van der Waals surface area contributed by atoms with Crippen molar-refractivity contribution in [3.63, 3.8) is 0 Å². The summed E-state index contributed by atoms with van der Waals surface area (Å²) in [7, 11) is -3.19. The molecular formula is C23H28N2O5S. The minimum Gasteiger partial charge on any atom is -0.490 e. The van der Waals surface area contributed by atoms with Crippen molar-refractivity contribution in [2.75, 3.05) is 32.6 Å². The standard InChI is InChI=1S/C23H28N2O5S/c1-31(27,28)24-12-11-17-5-7-18(8-6-17)23(26)25-13-2-4-20(25)19-9-10-21-22(16-19)30-15-3-14-29-21/h5-10,16,20,24H,2-4,11-15H2,1H3. The molecule has 0 spiro atoms. The van der Waals surface area contributed by atoms with Gasteiger partial charge in [-0.05, 0) is 54.7 Å². The molecule has 1 N–H and O–H groups in total. The van der Waals surface area contributed by atoms with E-state index in [2.05, 4.69) is 4.72 Å². The van der Waals surface area contributed by atoms with E-state index in [1.165, 1.54) is 0 Å². The number of hydrogen-bond donors (Lipinski definition) is 1. The zero-order valence-corrected chi connectivity index (χ0v) is 18.5. The molecule has 7 nitrogen and oxygen atoms in total. The van der Waals surface area contributed by atoms with E-state index in [0.717, 1.165) is 54.7 Å². The SMILES string of the molecule is CS(=O)(=O)NCCc1ccc(C(=O)N2CCCC2c2ccc3c(c2)OCCCO3)cc1. The normalized spacial score (nSPS) is 18.6. The lowest BCUT2D eigenvalue weighted by Gasteiger charge is -2.26. The monoisotopic (exact) mass is 444 g/mol. The van der Waals surface area contributed by atoms with E-state index in [-0.39, 0.29) is 11.9 Å². The molecule has 0 aliphatic carbocycles. The van der Waals surface area contributed by atoms with E-state index < -0.39 is 10.0 Å². The van der Waals surface area contributed by atoms with E-state index in [1.54, 1.807) is 0 Å². The number of rotatable bonds is 6. The van der Waals surface area contributed by atoms with Gasteiger partial charge in [0.05, 0.1) is 25.5 Å². The fraction of sp³-hybridized carbons (Fsp3) is 0.435. The van der Waals surface area contributed by atoms with Crippen LogP contribution in [0.2, 0.25) is 0 Å². The number of carbonyl (C=O) groups excluding carboxylic acids is 1. The average Bonchev–Trinajstić information content (AvgIpc) is 3.11. The summed E-state index contributed by atoms with van der Waals surface area (Å²) >= 11 is 0. The number of nitrogens with zero attached hydrogens (tertiary/aromatic N) is 1. The van der Waals surface area contributed by atoms with Gasteiger partial charge in [-0.25, -0.2) is 13.1 Å². The molecule has 2 aromatic rings. The molecule has 1 fully saturated rings. The molecule has 2 aliphatic heterocycles. The molecule has 8 heteroatoms. The van der Waals surface area contributed by atoms with Gasteiger partial charge in [0, 0.05) is 25.1 Å². The maximum atomic E-state index is 13.2.